The molecule has 0 unspecified atom stereocenters. The van der Waals surface area contributed by atoms with Gasteiger partial charge in [-0.2, -0.15) is 5.10 Å². The molecule has 1 aromatic heterocycles. The van der Waals surface area contributed by atoms with E-state index in [2.05, 4.69) is 51.0 Å². The maximum absolute atomic E-state index is 5.61. The molecule has 7 nitrogen and oxygen atoms in total. The number of fused-ring (bicyclic) bond motifs is 1. The van der Waals surface area contributed by atoms with Gasteiger partial charge in [0.1, 0.15) is 0 Å². The molecule has 2 aromatic carbocycles. The first-order chi connectivity index (χ1) is 15.8. The minimum absolute atomic E-state index is 0.279. The van der Waals surface area contributed by atoms with Gasteiger partial charge in [-0.1, -0.05) is 30.3 Å². The maximum Gasteiger partial charge on any atom is 0.231 e. The molecule has 0 aliphatic carbocycles. The Balaban J connectivity index is 1.36. The van der Waals surface area contributed by atoms with Crippen molar-refractivity contribution in [2.24, 2.45) is 0 Å². The molecule has 0 bridgehead atoms. The van der Waals surface area contributed by atoms with Crippen LogP contribution < -0.4 is 9.47 Å². The Kier molecular flexibility index (Phi) is 6.39. The maximum atomic E-state index is 5.61. The lowest BCUT2D eigenvalue weighted by Gasteiger charge is -2.34. The second kappa shape index (κ2) is 9.73. The van der Waals surface area contributed by atoms with Crippen LogP contribution >= 0.6 is 0 Å². The summed E-state index contributed by atoms with van der Waals surface area (Å²) >= 11 is 0. The molecule has 0 saturated carbocycles. The summed E-state index contributed by atoms with van der Waals surface area (Å²) in [6.45, 7) is 7.95. The van der Waals surface area contributed by atoms with Gasteiger partial charge in [0.2, 0.25) is 6.79 Å². The van der Waals surface area contributed by atoms with Gasteiger partial charge < -0.3 is 14.2 Å². The summed E-state index contributed by atoms with van der Waals surface area (Å²) in [6.07, 6.45) is 2.20. The summed E-state index contributed by atoms with van der Waals surface area (Å²) in [5, 5.41) is 4.99. The molecule has 2 aliphatic heterocycles. The van der Waals surface area contributed by atoms with Gasteiger partial charge in [-0.15, -0.1) is 0 Å². The van der Waals surface area contributed by atoms with E-state index in [-0.39, 0.29) is 6.79 Å². The van der Waals surface area contributed by atoms with Gasteiger partial charge in [-0.25, -0.2) is 0 Å². The first-order valence-corrected chi connectivity index (χ1v) is 11.2. The largest absolute Gasteiger partial charge is 0.454 e. The number of hydrogen-bond acceptors (Lipinski definition) is 6. The zero-order valence-corrected chi connectivity index (χ0v) is 18.6. The van der Waals surface area contributed by atoms with E-state index in [1.807, 2.05) is 18.2 Å². The first-order valence-electron chi connectivity index (χ1n) is 11.2. The van der Waals surface area contributed by atoms with Crippen molar-refractivity contribution in [2.75, 3.05) is 53.2 Å². The Hall–Kier alpha value is -2.87. The second-order valence-electron chi connectivity index (χ2n) is 8.36. The number of methoxy groups -OCH3 is 1. The third-order valence-corrected chi connectivity index (χ3v) is 6.14. The molecule has 3 aromatic rings. The zero-order valence-electron chi connectivity index (χ0n) is 18.6. The molecular formula is C25H30N4O3. The number of ether oxygens (including phenoxy) is 3. The number of aromatic nitrogens is 2. The molecule has 0 spiro atoms. The fourth-order valence-corrected chi connectivity index (χ4v) is 4.35. The van der Waals surface area contributed by atoms with E-state index < -0.39 is 0 Å². The van der Waals surface area contributed by atoms with Crippen molar-refractivity contribution >= 4 is 0 Å². The number of nitrogens with zero attached hydrogens (tertiary/aromatic N) is 4. The topological polar surface area (TPSA) is 52.0 Å². The van der Waals surface area contributed by atoms with Crippen molar-refractivity contribution in [3.8, 4) is 22.8 Å². The highest BCUT2D eigenvalue weighted by molar-refractivity contribution is 5.67. The van der Waals surface area contributed by atoms with E-state index in [4.69, 9.17) is 19.3 Å². The minimum Gasteiger partial charge on any atom is -0.454 e. The lowest BCUT2D eigenvalue weighted by Crippen LogP contribution is -2.46. The number of piperazine rings is 1. The zero-order chi connectivity index (χ0) is 21.8. The van der Waals surface area contributed by atoms with Crippen LogP contribution in [-0.2, 0) is 17.8 Å². The van der Waals surface area contributed by atoms with Crippen LogP contribution in [0.2, 0.25) is 0 Å². The second-order valence-corrected chi connectivity index (χ2v) is 8.36. The van der Waals surface area contributed by atoms with Gasteiger partial charge in [0.25, 0.3) is 0 Å². The molecule has 0 amide bonds. The van der Waals surface area contributed by atoms with Crippen LogP contribution in [0.15, 0.2) is 54.7 Å². The Morgan fingerprint density at radius 2 is 1.69 bits per heavy atom. The van der Waals surface area contributed by atoms with Crippen LogP contribution in [0.25, 0.3) is 11.3 Å². The summed E-state index contributed by atoms with van der Waals surface area (Å²) in [6, 6.07) is 16.6. The predicted octanol–water partition coefficient (Wildman–Crippen LogP) is 3.09. The molecule has 2 aliphatic rings. The van der Waals surface area contributed by atoms with Crippen molar-refractivity contribution < 1.29 is 14.2 Å². The average Bonchev–Trinajstić information content (AvgIpc) is 3.45. The SMILES string of the molecule is COCCN1CCN(Cc2cn(Cc3ccccc3)nc2-c2ccc3c(c2)OCO3)CC1. The minimum atomic E-state index is 0.279. The van der Waals surface area contributed by atoms with E-state index >= 15 is 0 Å². The summed E-state index contributed by atoms with van der Waals surface area (Å²) in [5.41, 5.74) is 4.56. The monoisotopic (exact) mass is 434 g/mol. The standard InChI is InChI=1S/C25H30N4O3/c1-30-14-13-27-9-11-28(12-10-27)17-22-18-29(16-20-5-3-2-4-6-20)26-25(22)21-7-8-23-24(15-21)32-19-31-23/h2-8,15,18H,9-14,16-17,19H2,1H3. The summed E-state index contributed by atoms with van der Waals surface area (Å²) in [5.74, 6) is 1.59. The van der Waals surface area contributed by atoms with Crippen LogP contribution in [-0.4, -0.2) is 72.8 Å². The van der Waals surface area contributed by atoms with E-state index in [1.165, 1.54) is 11.1 Å². The molecular weight excluding hydrogens is 404 g/mol. The van der Waals surface area contributed by atoms with Crippen molar-refractivity contribution in [2.45, 2.75) is 13.1 Å². The third-order valence-electron chi connectivity index (χ3n) is 6.14. The van der Waals surface area contributed by atoms with Crippen LogP contribution in [0.4, 0.5) is 0 Å². The molecule has 0 atom stereocenters. The highest BCUT2D eigenvalue weighted by atomic mass is 16.7. The molecule has 0 N–H and O–H groups in total. The molecule has 0 radical (unpaired) electrons. The Bertz CT molecular complexity index is 1030. The first kappa shape index (κ1) is 21.0. The van der Waals surface area contributed by atoms with Gasteiger partial charge in [-0.05, 0) is 23.8 Å². The van der Waals surface area contributed by atoms with Crippen LogP contribution in [0, 0.1) is 0 Å². The predicted molar refractivity (Wildman–Crippen MR) is 123 cm³/mol. The van der Waals surface area contributed by atoms with Gasteiger partial charge in [0.15, 0.2) is 11.5 Å². The van der Waals surface area contributed by atoms with Gasteiger partial charge in [0, 0.05) is 63.7 Å². The Labute approximate surface area is 189 Å². The van der Waals surface area contributed by atoms with E-state index in [0.717, 1.165) is 75.2 Å². The smallest absolute Gasteiger partial charge is 0.231 e. The highest BCUT2D eigenvalue weighted by Gasteiger charge is 2.21. The summed E-state index contributed by atoms with van der Waals surface area (Å²) in [7, 11) is 1.76. The number of benzene rings is 2. The van der Waals surface area contributed by atoms with Gasteiger partial charge in [-0.3, -0.25) is 14.5 Å². The lowest BCUT2D eigenvalue weighted by atomic mass is 10.1. The molecule has 168 valence electrons. The van der Waals surface area contributed by atoms with Crippen molar-refractivity contribution in [3.63, 3.8) is 0 Å². The van der Waals surface area contributed by atoms with Crippen LogP contribution in [0.1, 0.15) is 11.1 Å². The fraction of sp³-hybridized carbons (Fsp3) is 0.400. The molecule has 5 rings (SSSR count). The van der Waals surface area contributed by atoms with Crippen molar-refractivity contribution in [1.82, 2.24) is 19.6 Å². The molecule has 1 fully saturated rings. The van der Waals surface area contributed by atoms with E-state index in [0.29, 0.717) is 0 Å². The van der Waals surface area contributed by atoms with Gasteiger partial charge >= 0.3 is 0 Å². The Morgan fingerprint density at radius 3 is 2.50 bits per heavy atom. The van der Waals surface area contributed by atoms with Crippen molar-refractivity contribution in [1.29, 1.82) is 0 Å². The van der Waals surface area contributed by atoms with E-state index in [1.54, 1.807) is 7.11 Å². The fourth-order valence-electron chi connectivity index (χ4n) is 4.35. The summed E-state index contributed by atoms with van der Waals surface area (Å²) < 4.78 is 18.4. The average molecular weight is 435 g/mol. The molecule has 32 heavy (non-hydrogen) atoms. The quantitative estimate of drug-likeness (QED) is 0.543. The molecule has 1 saturated heterocycles. The lowest BCUT2D eigenvalue weighted by molar-refractivity contribution is 0.0939. The number of rotatable bonds is 8. The van der Waals surface area contributed by atoms with Crippen molar-refractivity contribution in [3.05, 3.63) is 65.9 Å². The summed E-state index contributed by atoms with van der Waals surface area (Å²) in [4.78, 5) is 4.99. The van der Waals surface area contributed by atoms with Crippen LogP contribution in [0.5, 0.6) is 11.5 Å². The van der Waals surface area contributed by atoms with Gasteiger partial charge in [0.05, 0.1) is 18.8 Å². The third kappa shape index (κ3) is 4.80. The Morgan fingerprint density at radius 1 is 0.906 bits per heavy atom. The normalized spacial score (nSPS) is 16.5. The highest BCUT2D eigenvalue weighted by Crippen LogP contribution is 2.36. The molecule has 7 heteroatoms. The number of hydrogen-bond donors (Lipinski definition) is 0. The van der Waals surface area contributed by atoms with E-state index in [9.17, 15) is 0 Å². The van der Waals surface area contributed by atoms with Crippen LogP contribution in [0.3, 0.4) is 0 Å². The molecule has 3 heterocycles.